The largest absolute Gasteiger partial charge is 0.354 e. The molecule has 2 aromatic rings. The Hall–Kier alpha value is -2.67. The SMILES string of the molecule is CNC(C(=O)NCCC(=O)NCc1ccccc1)c1cnn(C)c1. The number of aryl methyl sites for hydroxylation is 1. The summed E-state index contributed by atoms with van der Waals surface area (Å²) in [5.74, 6) is -0.275. The zero-order valence-electron chi connectivity index (χ0n) is 14.0. The summed E-state index contributed by atoms with van der Waals surface area (Å²) in [5, 5.41) is 12.6. The van der Waals surface area contributed by atoms with Crippen molar-refractivity contribution in [2.75, 3.05) is 13.6 Å². The van der Waals surface area contributed by atoms with Gasteiger partial charge < -0.3 is 16.0 Å². The van der Waals surface area contributed by atoms with E-state index < -0.39 is 6.04 Å². The second kappa shape index (κ2) is 8.83. The third-order valence-electron chi connectivity index (χ3n) is 3.59. The monoisotopic (exact) mass is 329 g/mol. The van der Waals surface area contributed by atoms with Crippen LogP contribution in [-0.4, -0.2) is 35.2 Å². The van der Waals surface area contributed by atoms with Gasteiger partial charge in [-0.3, -0.25) is 14.3 Å². The minimum Gasteiger partial charge on any atom is -0.354 e. The first kappa shape index (κ1) is 17.7. The molecule has 7 heteroatoms. The lowest BCUT2D eigenvalue weighted by Crippen LogP contribution is -2.37. The van der Waals surface area contributed by atoms with Gasteiger partial charge in [0.25, 0.3) is 0 Å². The van der Waals surface area contributed by atoms with E-state index in [4.69, 9.17) is 0 Å². The van der Waals surface area contributed by atoms with Gasteiger partial charge in [-0.05, 0) is 12.6 Å². The predicted octanol–water partition coefficient (Wildman–Crippen LogP) is 0.503. The van der Waals surface area contributed by atoms with E-state index in [1.807, 2.05) is 30.3 Å². The number of nitrogens with zero attached hydrogens (tertiary/aromatic N) is 2. The highest BCUT2D eigenvalue weighted by molar-refractivity contribution is 5.83. The zero-order valence-corrected chi connectivity index (χ0v) is 14.0. The van der Waals surface area contributed by atoms with Crippen molar-refractivity contribution >= 4 is 11.8 Å². The minimum atomic E-state index is -0.480. The van der Waals surface area contributed by atoms with Crippen LogP contribution < -0.4 is 16.0 Å². The van der Waals surface area contributed by atoms with Crippen LogP contribution in [0.5, 0.6) is 0 Å². The molecule has 0 aliphatic heterocycles. The molecule has 0 fully saturated rings. The Kier molecular flexibility index (Phi) is 6.51. The van der Waals surface area contributed by atoms with Gasteiger partial charge in [-0.2, -0.15) is 5.10 Å². The molecule has 0 saturated heterocycles. The molecule has 7 nitrogen and oxygen atoms in total. The molecule has 0 bridgehead atoms. The summed E-state index contributed by atoms with van der Waals surface area (Å²) in [6, 6.07) is 9.21. The maximum absolute atomic E-state index is 12.2. The van der Waals surface area contributed by atoms with Gasteiger partial charge >= 0.3 is 0 Å². The van der Waals surface area contributed by atoms with Crippen molar-refractivity contribution in [1.82, 2.24) is 25.7 Å². The highest BCUT2D eigenvalue weighted by Crippen LogP contribution is 2.10. The average Bonchev–Trinajstić information content (AvgIpc) is 3.01. The molecule has 0 spiro atoms. The number of nitrogens with one attached hydrogen (secondary N) is 3. The molecular weight excluding hydrogens is 306 g/mol. The summed E-state index contributed by atoms with van der Waals surface area (Å²) in [6.07, 6.45) is 3.67. The fourth-order valence-corrected chi connectivity index (χ4v) is 2.32. The number of hydrogen-bond donors (Lipinski definition) is 3. The summed E-state index contributed by atoms with van der Waals surface area (Å²) in [5.41, 5.74) is 1.83. The second-order valence-corrected chi connectivity index (χ2v) is 5.47. The normalized spacial score (nSPS) is 11.8. The first-order valence-electron chi connectivity index (χ1n) is 7.84. The third-order valence-corrected chi connectivity index (χ3v) is 3.59. The fraction of sp³-hybridized carbons (Fsp3) is 0.353. The Bertz CT molecular complexity index is 669. The van der Waals surface area contributed by atoms with E-state index in [1.54, 1.807) is 31.2 Å². The van der Waals surface area contributed by atoms with Gasteiger partial charge in [0.05, 0.1) is 6.20 Å². The maximum Gasteiger partial charge on any atom is 0.241 e. The lowest BCUT2D eigenvalue weighted by atomic mass is 10.1. The van der Waals surface area contributed by atoms with E-state index in [0.29, 0.717) is 6.54 Å². The van der Waals surface area contributed by atoms with Crippen molar-refractivity contribution in [2.24, 2.45) is 7.05 Å². The molecule has 2 amide bonds. The summed E-state index contributed by atoms with van der Waals surface area (Å²) < 4.78 is 1.64. The number of likely N-dealkylation sites (N-methyl/N-ethyl adjacent to an activating group) is 1. The molecule has 1 unspecified atom stereocenters. The Labute approximate surface area is 141 Å². The molecule has 1 aromatic heterocycles. The molecule has 2 rings (SSSR count). The first-order valence-corrected chi connectivity index (χ1v) is 7.84. The minimum absolute atomic E-state index is 0.0958. The number of carbonyl (C=O) groups is 2. The van der Waals surface area contributed by atoms with E-state index in [1.165, 1.54) is 0 Å². The Morgan fingerprint density at radius 2 is 1.96 bits per heavy atom. The van der Waals surface area contributed by atoms with Crippen LogP contribution in [0, 0.1) is 0 Å². The summed E-state index contributed by atoms with van der Waals surface area (Å²) in [6.45, 7) is 0.778. The summed E-state index contributed by atoms with van der Waals surface area (Å²) in [4.78, 5) is 24.0. The molecule has 24 heavy (non-hydrogen) atoms. The van der Waals surface area contributed by atoms with Crippen LogP contribution in [0.2, 0.25) is 0 Å². The fourth-order valence-electron chi connectivity index (χ4n) is 2.32. The average molecular weight is 329 g/mol. The van der Waals surface area contributed by atoms with Crippen LogP contribution in [-0.2, 0) is 23.2 Å². The molecule has 1 heterocycles. The molecule has 3 N–H and O–H groups in total. The molecule has 0 aliphatic rings. The highest BCUT2D eigenvalue weighted by Gasteiger charge is 2.19. The van der Waals surface area contributed by atoms with Gasteiger partial charge in [-0.25, -0.2) is 0 Å². The zero-order chi connectivity index (χ0) is 17.4. The number of hydrogen-bond acceptors (Lipinski definition) is 4. The Balaban J connectivity index is 1.72. The lowest BCUT2D eigenvalue weighted by Gasteiger charge is -2.14. The van der Waals surface area contributed by atoms with Crippen LogP contribution in [0.4, 0.5) is 0 Å². The van der Waals surface area contributed by atoms with Gasteiger partial charge in [-0.1, -0.05) is 30.3 Å². The smallest absolute Gasteiger partial charge is 0.241 e. The molecule has 0 aliphatic carbocycles. The number of amides is 2. The lowest BCUT2D eigenvalue weighted by molar-refractivity contribution is -0.123. The second-order valence-electron chi connectivity index (χ2n) is 5.47. The van der Waals surface area contributed by atoms with Crippen molar-refractivity contribution < 1.29 is 9.59 Å². The van der Waals surface area contributed by atoms with Crippen molar-refractivity contribution in [3.8, 4) is 0 Å². The van der Waals surface area contributed by atoms with E-state index in [2.05, 4.69) is 21.0 Å². The van der Waals surface area contributed by atoms with Crippen molar-refractivity contribution in [3.05, 3.63) is 53.9 Å². The molecule has 1 atom stereocenters. The van der Waals surface area contributed by atoms with Crippen LogP contribution in [0.15, 0.2) is 42.7 Å². The van der Waals surface area contributed by atoms with Gasteiger partial charge in [-0.15, -0.1) is 0 Å². The van der Waals surface area contributed by atoms with E-state index in [-0.39, 0.29) is 24.8 Å². The summed E-state index contributed by atoms with van der Waals surface area (Å²) >= 11 is 0. The number of benzene rings is 1. The van der Waals surface area contributed by atoms with Gasteiger partial charge in [0.2, 0.25) is 11.8 Å². The van der Waals surface area contributed by atoms with Crippen molar-refractivity contribution in [1.29, 1.82) is 0 Å². The van der Waals surface area contributed by atoms with Gasteiger partial charge in [0.15, 0.2) is 0 Å². The van der Waals surface area contributed by atoms with Crippen LogP contribution in [0.25, 0.3) is 0 Å². The molecule has 0 radical (unpaired) electrons. The number of rotatable bonds is 8. The van der Waals surface area contributed by atoms with E-state index in [0.717, 1.165) is 11.1 Å². The topological polar surface area (TPSA) is 88.1 Å². The molecular formula is C17H23N5O2. The maximum atomic E-state index is 12.2. The molecule has 0 saturated carbocycles. The standard InChI is InChI=1S/C17H23N5O2/c1-18-16(14-11-21-22(2)12-14)17(24)19-9-8-15(23)20-10-13-6-4-3-5-7-13/h3-7,11-12,16,18H,8-10H2,1-2H3,(H,19,24)(H,20,23). The highest BCUT2D eigenvalue weighted by atomic mass is 16.2. The Morgan fingerprint density at radius 3 is 2.58 bits per heavy atom. The first-order chi connectivity index (χ1) is 11.6. The van der Waals surface area contributed by atoms with E-state index >= 15 is 0 Å². The number of carbonyl (C=O) groups excluding carboxylic acids is 2. The Morgan fingerprint density at radius 1 is 1.21 bits per heavy atom. The third kappa shape index (κ3) is 5.20. The number of aromatic nitrogens is 2. The van der Waals surface area contributed by atoms with Crippen LogP contribution in [0.1, 0.15) is 23.6 Å². The predicted molar refractivity (Wildman–Crippen MR) is 90.9 cm³/mol. The molecule has 1 aromatic carbocycles. The van der Waals surface area contributed by atoms with Crippen molar-refractivity contribution in [3.63, 3.8) is 0 Å². The van der Waals surface area contributed by atoms with E-state index in [9.17, 15) is 9.59 Å². The van der Waals surface area contributed by atoms with Crippen molar-refractivity contribution in [2.45, 2.75) is 19.0 Å². The van der Waals surface area contributed by atoms with Gasteiger partial charge in [0, 0.05) is 38.3 Å². The van der Waals surface area contributed by atoms with Gasteiger partial charge in [0.1, 0.15) is 6.04 Å². The van der Waals surface area contributed by atoms with Crippen LogP contribution in [0.3, 0.4) is 0 Å². The quantitative estimate of drug-likeness (QED) is 0.658. The molecule has 128 valence electrons. The van der Waals surface area contributed by atoms with Crippen LogP contribution >= 0.6 is 0 Å². The summed E-state index contributed by atoms with van der Waals surface area (Å²) in [7, 11) is 3.51.